The Morgan fingerprint density at radius 3 is 2.08 bits per heavy atom. The highest BCUT2D eigenvalue weighted by Crippen LogP contribution is 2.22. The van der Waals surface area contributed by atoms with Crippen LogP contribution in [0.5, 0.6) is 0 Å². The number of rotatable bonds is 1. The van der Waals surface area contributed by atoms with Gasteiger partial charge in [-0.1, -0.05) is 13.8 Å². The van der Waals surface area contributed by atoms with Crippen molar-refractivity contribution in [2.75, 3.05) is 6.73 Å². The van der Waals surface area contributed by atoms with Crippen LogP contribution in [-0.2, 0) is 9.59 Å². The Hall–Kier alpha value is -0.900. The zero-order valence-corrected chi connectivity index (χ0v) is 7.28. The number of hydrogen-bond donors (Lipinski definition) is 1. The SMILES string of the molecule is CC1CC(C)C(=O)N(CO)C1=O. The van der Waals surface area contributed by atoms with E-state index in [1.54, 1.807) is 13.8 Å². The summed E-state index contributed by atoms with van der Waals surface area (Å²) in [5.41, 5.74) is 0. The topological polar surface area (TPSA) is 57.6 Å². The average molecular weight is 171 g/mol. The standard InChI is InChI=1S/C8H13NO3/c1-5-3-6(2)8(12)9(4-10)7(5)11/h5-6,10H,3-4H2,1-2H3. The molecule has 0 aromatic heterocycles. The molecule has 4 heteroatoms. The number of likely N-dealkylation sites (tertiary alicyclic amines) is 1. The average Bonchev–Trinajstić information content (AvgIpc) is 2.02. The smallest absolute Gasteiger partial charge is 0.233 e. The maximum atomic E-state index is 11.3. The molecule has 12 heavy (non-hydrogen) atoms. The third-order valence-electron chi connectivity index (χ3n) is 2.22. The van der Waals surface area contributed by atoms with Gasteiger partial charge < -0.3 is 5.11 Å². The number of nitrogens with zero attached hydrogens (tertiary/aromatic N) is 1. The molecule has 1 fully saturated rings. The minimum atomic E-state index is -0.494. The van der Waals surface area contributed by atoms with Crippen LogP contribution in [0.4, 0.5) is 0 Å². The van der Waals surface area contributed by atoms with E-state index in [4.69, 9.17) is 5.11 Å². The van der Waals surface area contributed by atoms with E-state index in [0.717, 1.165) is 4.90 Å². The van der Waals surface area contributed by atoms with E-state index in [2.05, 4.69) is 0 Å². The molecule has 1 heterocycles. The number of carbonyl (C=O) groups excluding carboxylic acids is 2. The second kappa shape index (κ2) is 3.23. The van der Waals surface area contributed by atoms with E-state index in [1.807, 2.05) is 0 Å². The summed E-state index contributed by atoms with van der Waals surface area (Å²) in [7, 11) is 0. The quantitative estimate of drug-likeness (QED) is 0.563. The Morgan fingerprint density at radius 2 is 1.75 bits per heavy atom. The van der Waals surface area contributed by atoms with Gasteiger partial charge in [-0.3, -0.25) is 14.5 Å². The van der Waals surface area contributed by atoms with Gasteiger partial charge in [-0.15, -0.1) is 0 Å². The lowest BCUT2D eigenvalue weighted by molar-refractivity contribution is -0.159. The molecule has 0 aliphatic carbocycles. The van der Waals surface area contributed by atoms with Crippen LogP contribution in [0.15, 0.2) is 0 Å². The lowest BCUT2D eigenvalue weighted by atomic mass is 9.91. The Morgan fingerprint density at radius 1 is 1.33 bits per heavy atom. The van der Waals surface area contributed by atoms with Gasteiger partial charge in [-0.05, 0) is 6.42 Å². The zero-order chi connectivity index (χ0) is 9.30. The van der Waals surface area contributed by atoms with Crippen LogP contribution in [0.3, 0.4) is 0 Å². The van der Waals surface area contributed by atoms with E-state index in [9.17, 15) is 9.59 Å². The van der Waals surface area contributed by atoms with E-state index in [-0.39, 0.29) is 23.7 Å². The van der Waals surface area contributed by atoms with Gasteiger partial charge in [-0.2, -0.15) is 0 Å². The summed E-state index contributed by atoms with van der Waals surface area (Å²) in [4.78, 5) is 23.4. The van der Waals surface area contributed by atoms with E-state index in [1.165, 1.54) is 0 Å². The van der Waals surface area contributed by atoms with Crippen LogP contribution in [0.25, 0.3) is 0 Å². The monoisotopic (exact) mass is 171 g/mol. The van der Waals surface area contributed by atoms with Gasteiger partial charge in [0.1, 0.15) is 6.73 Å². The van der Waals surface area contributed by atoms with Crippen molar-refractivity contribution in [2.45, 2.75) is 20.3 Å². The number of carbonyl (C=O) groups is 2. The van der Waals surface area contributed by atoms with Gasteiger partial charge in [0, 0.05) is 11.8 Å². The largest absolute Gasteiger partial charge is 0.376 e. The van der Waals surface area contributed by atoms with Crippen LogP contribution in [-0.4, -0.2) is 28.6 Å². The Kier molecular flexibility index (Phi) is 2.47. The number of imide groups is 1. The van der Waals surface area contributed by atoms with Crippen molar-refractivity contribution < 1.29 is 14.7 Å². The van der Waals surface area contributed by atoms with E-state index >= 15 is 0 Å². The van der Waals surface area contributed by atoms with Crippen molar-refractivity contribution in [1.29, 1.82) is 0 Å². The molecule has 68 valence electrons. The molecule has 0 bridgehead atoms. The first-order valence-corrected chi connectivity index (χ1v) is 4.04. The van der Waals surface area contributed by atoms with Crippen molar-refractivity contribution in [2.24, 2.45) is 11.8 Å². The maximum absolute atomic E-state index is 11.3. The normalized spacial score (nSPS) is 31.1. The van der Waals surface area contributed by atoms with Gasteiger partial charge in [0.2, 0.25) is 11.8 Å². The summed E-state index contributed by atoms with van der Waals surface area (Å²) >= 11 is 0. The second-order valence-corrected chi connectivity index (χ2v) is 3.28. The fraction of sp³-hybridized carbons (Fsp3) is 0.750. The van der Waals surface area contributed by atoms with Gasteiger partial charge in [0.15, 0.2) is 0 Å². The van der Waals surface area contributed by atoms with Crippen molar-refractivity contribution in [1.82, 2.24) is 4.90 Å². The highest BCUT2D eigenvalue weighted by atomic mass is 16.3. The highest BCUT2D eigenvalue weighted by molar-refractivity contribution is 5.99. The fourth-order valence-corrected chi connectivity index (χ4v) is 1.51. The summed E-state index contributed by atoms with van der Waals surface area (Å²) in [6.07, 6.45) is 0.591. The Labute approximate surface area is 71.2 Å². The summed E-state index contributed by atoms with van der Waals surface area (Å²) in [6.45, 7) is 3.05. The van der Waals surface area contributed by atoms with Gasteiger partial charge in [0.05, 0.1) is 0 Å². The molecule has 0 spiro atoms. The van der Waals surface area contributed by atoms with E-state index < -0.39 is 6.73 Å². The first-order valence-electron chi connectivity index (χ1n) is 4.04. The van der Waals surface area contributed by atoms with Crippen LogP contribution >= 0.6 is 0 Å². The predicted molar refractivity (Wildman–Crippen MR) is 41.9 cm³/mol. The van der Waals surface area contributed by atoms with Gasteiger partial charge in [-0.25, -0.2) is 0 Å². The Bertz CT molecular complexity index is 194. The molecular formula is C8H13NO3. The number of hydrogen-bond acceptors (Lipinski definition) is 3. The van der Waals surface area contributed by atoms with Crippen molar-refractivity contribution in [3.8, 4) is 0 Å². The minimum Gasteiger partial charge on any atom is -0.376 e. The summed E-state index contributed by atoms with van der Waals surface area (Å²) in [6, 6.07) is 0. The van der Waals surface area contributed by atoms with Crippen molar-refractivity contribution >= 4 is 11.8 Å². The third-order valence-corrected chi connectivity index (χ3v) is 2.22. The zero-order valence-electron chi connectivity index (χ0n) is 7.28. The van der Waals surface area contributed by atoms with Crippen LogP contribution in [0, 0.1) is 11.8 Å². The molecule has 0 saturated carbocycles. The molecule has 1 rings (SSSR count). The molecule has 4 nitrogen and oxygen atoms in total. The van der Waals surface area contributed by atoms with Crippen LogP contribution < -0.4 is 0 Å². The molecule has 2 unspecified atom stereocenters. The third kappa shape index (κ3) is 1.34. The molecule has 1 N–H and O–H groups in total. The number of aliphatic hydroxyl groups is 1. The predicted octanol–water partition coefficient (Wildman–Crippen LogP) is -0.0327. The fourth-order valence-electron chi connectivity index (χ4n) is 1.51. The van der Waals surface area contributed by atoms with Crippen LogP contribution in [0.1, 0.15) is 20.3 Å². The highest BCUT2D eigenvalue weighted by Gasteiger charge is 2.35. The Balaban J connectivity index is 2.81. The molecule has 2 amide bonds. The molecule has 0 aromatic rings. The second-order valence-electron chi connectivity index (χ2n) is 3.28. The summed E-state index contributed by atoms with van der Waals surface area (Å²) in [5.74, 6) is -0.823. The molecule has 1 saturated heterocycles. The lowest BCUT2D eigenvalue weighted by Gasteiger charge is -2.30. The maximum Gasteiger partial charge on any atom is 0.233 e. The number of aliphatic hydroxyl groups excluding tert-OH is 1. The number of piperidine rings is 1. The van der Waals surface area contributed by atoms with Gasteiger partial charge >= 0.3 is 0 Å². The molecule has 0 radical (unpaired) electrons. The minimum absolute atomic E-state index is 0.148. The van der Waals surface area contributed by atoms with Crippen molar-refractivity contribution in [3.63, 3.8) is 0 Å². The first kappa shape index (κ1) is 9.19. The first-order chi connectivity index (χ1) is 5.57. The van der Waals surface area contributed by atoms with Crippen molar-refractivity contribution in [3.05, 3.63) is 0 Å². The summed E-state index contributed by atoms with van der Waals surface area (Å²) < 4.78 is 0. The molecular weight excluding hydrogens is 158 g/mol. The number of amides is 2. The lowest BCUT2D eigenvalue weighted by Crippen LogP contribution is -2.48. The molecule has 1 aliphatic rings. The van der Waals surface area contributed by atoms with E-state index in [0.29, 0.717) is 6.42 Å². The molecule has 2 atom stereocenters. The van der Waals surface area contributed by atoms with Gasteiger partial charge in [0.25, 0.3) is 0 Å². The molecule has 0 aromatic carbocycles. The summed E-state index contributed by atoms with van der Waals surface area (Å²) in [5, 5.41) is 8.75. The molecule has 1 aliphatic heterocycles. The van der Waals surface area contributed by atoms with Crippen LogP contribution in [0.2, 0.25) is 0 Å².